The topological polar surface area (TPSA) is 114 Å². The average molecular weight is 614 g/mol. The van der Waals surface area contributed by atoms with Crippen LogP contribution in [0, 0.1) is 28.6 Å². The molecule has 2 N–H and O–H groups in total. The van der Waals surface area contributed by atoms with Crippen LogP contribution >= 0.6 is 23.1 Å². The lowest BCUT2D eigenvalue weighted by Crippen LogP contribution is -2.62. The summed E-state index contributed by atoms with van der Waals surface area (Å²) in [5.74, 6) is 1.32. The first-order valence-corrected chi connectivity index (χ1v) is 17.0. The Labute approximate surface area is 258 Å². The molecule has 43 heavy (non-hydrogen) atoms. The van der Waals surface area contributed by atoms with Gasteiger partial charge in [0.05, 0.1) is 23.7 Å². The molecule has 5 unspecified atom stereocenters. The zero-order valence-electron chi connectivity index (χ0n) is 24.3. The Morgan fingerprint density at radius 3 is 2.84 bits per heavy atom. The van der Waals surface area contributed by atoms with E-state index in [2.05, 4.69) is 34.9 Å². The summed E-state index contributed by atoms with van der Waals surface area (Å²) < 4.78 is 2.71. The van der Waals surface area contributed by atoms with E-state index in [1.54, 1.807) is 12.4 Å². The summed E-state index contributed by atoms with van der Waals surface area (Å²) in [7, 11) is 0. The molecular formula is C33H35N5O3S2. The second-order valence-corrected chi connectivity index (χ2v) is 15.6. The van der Waals surface area contributed by atoms with Crippen molar-refractivity contribution in [2.75, 3.05) is 5.75 Å². The second-order valence-electron chi connectivity index (χ2n) is 13.4. The molecule has 222 valence electrons. The first-order chi connectivity index (χ1) is 20.7. The number of aliphatic hydroxyl groups excluding tert-OH is 1. The lowest BCUT2D eigenvalue weighted by atomic mass is 9.45. The van der Waals surface area contributed by atoms with Crippen molar-refractivity contribution in [1.82, 2.24) is 24.7 Å². The Hall–Kier alpha value is -2.92. The molecule has 4 heterocycles. The number of carbonyl (C=O) groups is 1. The number of thiazole rings is 1. The summed E-state index contributed by atoms with van der Waals surface area (Å²) in [6.07, 6.45) is 11.6. The Kier molecular flexibility index (Phi) is 6.29. The smallest absolute Gasteiger partial charge is 0.175 e. The summed E-state index contributed by atoms with van der Waals surface area (Å²) >= 11 is 2.86. The maximum Gasteiger partial charge on any atom is 0.175 e. The van der Waals surface area contributed by atoms with Crippen molar-refractivity contribution >= 4 is 45.3 Å². The van der Waals surface area contributed by atoms with E-state index in [0.717, 1.165) is 51.9 Å². The van der Waals surface area contributed by atoms with Crippen LogP contribution in [0.3, 0.4) is 0 Å². The van der Waals surface area contributed by atoms with Gasteiger partial charge in [0.1, 0.15) is 15.9 Å². The second kappa shape index (κ2) is 9.79. The summed E-state index contributed by atoms with van der Waals surface area (Å²) in [4.78, 5) is 28.2. The van der Waals surface area contributed by atoms with E-state index in [9.17, 15) is 15.0 Å². The van der Waals surface area contributed by atoms with Crippen LogP contribution in [0.1, 0.15) is 57.2 Å². The summed E-state index contributed by atoms with van der Waals surface area (Å²) in [6.45, 7) is 4.39. The number of aliphatic hydroxyl groups is 2. The van der Waals surface area contributed by atoms with Crippen LogP contribution in [-0.2, 0) is 11.2 Å². The molecule has 0 radical (unpaired) electrons. The molecule has 10 heteroatoms. The van der Waals surface area contributed by atoms with Crippen LogP contribution in [0.2, 0.25) is 0 Å². The number of fused-ring (bicyclic) bond motifs is 7. The fourth-order valence-electron chi connectivity index (χ4n) is 9.37. The van der Waals surface area contributed by atoms with Gasteiger partial charge in [-0.15, -0.1) is 0 Å². The third-order valence-electron chi connectivity index (χ3n) is 11.4. The summed E-state index contributed by atoms with van der Waals surface area (Å²) in [5, 5.41) is 28.8. The van der Waals surface area contributed by atoms with Crippen molar-refractivity contribution in [3.05, 3.63) is 65.8 Å². The maximum absolute atomic E-state index is 13.8. The van der Waals surface area contributed by atoms with Gasteiger partial charge < -0.3 is 10.2 Å². The standard InChI is InChI=1S/C33H35N5O3S2/c1-31-15-19-17-36-38(27-7-3-4-12-34-27)24(19)14-20(31)8-9-21-22-10-11-33(41,32(22,2)16-25(39)28(21)31)26(40)18-42-30-37-23-6-5-13-35-29(23)43-30/h3-7,12-14,17,21-22,25,28,39,41H,8-11,15-16,18H2,1-2H3/t21?,22?,25-,28?,31?,32?,33-/m0/s1. The summed E-state index contributed by atoms with van der Waals surface area (Å²) in [5.41, 5.74) is 2.14. The normalized spacial score (nSPS) is 34.7. The molecule has 0 saturated heterocycles. The number of ketones is 1. The molecule has 0 bridgehead atoms. The number of Topliss-reactive ketones (excluding diaryl/α,β-unsaturated/α-hetero) is 1. The Bertz CT molecular complexity index is 1740. The van der Waals surface area contributed by atoms with Crippen LogP contribution in [-0.4, -0.2) is 58.2 Å². The largest absolute Gasteiger partial charge is 0.393 e. The van der Waals surface area contributed by atoms with Gasteiger partial charge in [0.2, 0.25) is 0 Å². The number of aromatic nitrogens is 5. The first kappa shape index (κ1) is 27.6. The van der Waals surface area contributed by atoms with Gasteiger partial charge in [-0.25, -0.2) is 19.6 Å². The molecule has 0 amide bonds. The highest BCUT2D eigenvalue weighted by molar-refractivity contribution is 8.01. The van der Waals surface area contributed by atoms with Crippen LogP contribution in [0.4, 0.5) is 0 Å². The quantitative estimate of drug-likeness (QED) is 0.283. The predicted molar refractivity (Wildman–Crippen MR) is 167 cm³/mol. The SMILES string of the molecule is CC12Cc3cnn(-c4ccccn4)c3C=C1CCC1C2[C@@H](O)CC2(C)C1CC[C@]2(O)C(=O)CSc1nc2cccnc2s1. The van der Waals surface area contributed by atoms with Gasteiger partial charge in [-0.3, -0.25) is 4.79 Å². The number of pyridine rings is 2. The van der Waals surface area contributed by atoms with E-state index in [4.69, 9.17) is 5.10 Å². The van der Waals surface area contributed by atoms with Crippen molar-refractivity contribution in [3.63, 3.8) is 0 Å². The molecule has 4 aromatic rings. The van der Waals surface area contributed by atoms with Gasteiger partial charge in [-0.1, -0.05) is 48.6 Å². The van der Waals surface area contributed by atoms with E-state index < -0.39 is 17.1 Å². The number of thioether (sulfide) groups is 1. The molecule has 3 saturated carbocycles. The van der Waals surface area contributed by atoms with Crippen LogP contribution < -0.4 is 0 Å². The van der Waals surface area contributed by atoms with Crippen molar-refractivity contribution < 1.29 is 15.0 Å². The Morgan fingerprint density at radius 1 is 1.16 bits per heavy atom. The van der Waals surface area contributed by atoms with Gasteiger partial charge >= 0.3 is 0 Å². The molecule has 0 aromatic carbocycles. The zero-order chi connectivity index (χ0) is 29.6. The molecule has 8 nitrogen and oxygen atoms in total. The molecule has 4 aromatic heterocycles. The number of hydrogen-bond acceptors (Lipinski definition) is 9. The maximum atomic E-state index is 13.8. The minimum Gasteiger partial charge on any atom is -0.393 e. The van der Waals surface area contributed by atoms with E-state index in [1.165, 1.54) is 34.2 Å². The van der Waals surface area contributed by atoms with Gasteiger partial charge in [-0.2, -0.15) is 5.10 Å². The third-order valence-corrected chi connectivity index (χ3v) is 13.5. The van der Waals surface area contributed by atoms with Crippen LogP contribution in [0.25, 0.3) is 22.2 Å². The molecule has 4 aliphatic carbocycles. The lowest BCUT2D eigenvalue weighted by Gasteiger charge is -2.60. The van der Waals surface area contributed by atoms with Crippen molar-refractivity contribution in [1.29, 1.82) is 0 Å². The first-order valence-electron chi connectivity index (χ1n) is 15.2. The fraction of sp³-hybridized carbons (Fsp3) is 0.485. The molecular weight excluding hydrogens is 579 g/mol. The van der Waals surface area contributed by atoms with Gasteiger partial charge in [0, 0.05) is 17.8 Å². The monoisotopic (exact) mass is 613 g/mol. The molecule has 8 rings (SSSR count). The van der Waals surface area contributed by atoms with Crippen molar-refractivity contribution in [2.24, 2.45) is 28.6 Å². The summed E-state index contributed by atoms with van der Waals surface area (Å²) in [6, 6.07) is 9.63. The number of rotatable bonds is 5. The number of nitrogens with zero attached hydrogens (tertiary/aromatic N) is 5. The Balaban J connectivity index is 1.05. The lowest BCUT2D eigenvalue weighted by molar-refractivity contribution is -0.177. The van der Waals surface area contributed by atoms with Crippen LogP contribution in [0.15, 0.2) is 58.8 Å². The zero-order valence-corrected chi connectivity index (χ0v) is 25.9. The van der Waals surface area contributed by atoms with Gasteiger partial charge in [0.15, 0.2) is 15.9 Å². The predicted octanol–water partition coefficient (Wildman–Crippen LogP) is 5.52. The van der Waals surface area contributed by atoms with E-state index in [1.807, 2.05) is 41.2 Å². The number of carbonyl (C=O) groups excluding carboxylic acids is 1. The highest BCUT2D eigenvalue weighted by atomic mass is 32.2. The number of hydrogen-bond donors (Lipinski definition) is 2. The van der Waals surface area contributed by atoms with E-state index in [0.29, 0.717) is 12.8 Å². The van der Waals surface area contributed by atoms with E-state index >= 15 is 0 Å². The Morgan fingerprint density at radius 2 is 2.02 bits per heavy atom. The van der Waals surface area contributed by atoms with Crippen LogP contribution in [0.5, 0.6) is 0 Å². The van der Waals surface area contributed by atoms with E-state index in [-0.39, 0.29) is 34.7 Å². The molecule has 0 spiro atoms. The molecule has 0 aliphatic heterocycles. The molecule has 7 atom stereocenters. The highest BCUT2D eigenvalue weighted by Gasteiger charge is 2.68. The number of allylic oxidation sites excluding steroid dienone is 1. The van der Waals surface area contributed by atoms with Crippen molar-refractivity contribution in [3.8, 4) is 5.82 Å². The fourth-order valence-corrected chi connectivity index (χ4v) is 11.3. The average Bonchev–Trinajstić information content (AvgIpc) is 3.68. The minimum absolute atomic E-state index is 0.0685. The van der Waals surface area contributed by atoms with Gasteiger partial charge in [-0.05, 0) is 97.6 Å². The van der Waals surface area contributed by atoms with Crippen molar-refractivity contribution in [2.45, 2.75) is 68.4 Å². The molecule has 3 fully saturated rings. The van der Waals surface area contributed by atoms with Gasteiger partial charge in [0.25, 0.3) is 0 Å². The molecule has 4 aliphatic rings. The third kappa shape index (κ3) is 3.99. The minimum atomic E-state index is -1.45. The highest BCUT2D eigenvalue weighted by Crippen LogP contribution is 2.67.